The number of amides is 1. The maximum Gasteiger partial charge on any atom is 0.410 e. The third kappa shape index (κ3) is 6.45. The summed E-state index contributed by atoms with van der Waals surface area (Å²) in [5, 5.41) is 0. The molecule has 2 atom stereocenters. The van der Waals surface area contributed by atoms with Crippen molar-refractivity contribution < 1.29 is 18.7 Å². The van der Waals surface area contributed by atoms with Crippen LogP contribution in [0.25, 0.3) is 0 Å². The third-order valence-electron chi connectivity index (χ3n) is 5.63. The zero-order valence-corrected chi connectivity index (χ0v) is 20.0. The van der Waals surface area contributed by atoms with Gasteiger partial charge in [-0.3, -0.25) is 4.90 Å². The van der Waals surface area contributed by atoms with Crippen LogP contribution >= 0.6 is 0 Å². The quantitative estimate of drug-likeness (QED) is 0.613. The molecule has 1 aliphatic heterocycles. The van der Waals surface area contributed by atoms with Gasteiger partial charge < -0.3 is 14.4 Å². The Bertz CT molecular complexity index is 924. The SMILES string of the molecule is Cc1ccc(O[C@@H](CN2CCN(C(=O)OC(C)(C)C)[C@H](C)C2)c2ccc(C)c(F)c2)cc1. The maximum atomic E-state index is 14.3. The number of hydrogen-bond acceptors (Lipinski definition) is 4. The lowest BCUT2D eigenvalue weighted by atomic mass is 10.0. The predicted molar refractivity (Wildman–Crippen MR) is 125 cm³/mol. The van der Waals surface area contributed by atoms with Gasteiger partial charge >= 0.3 is 6.09 Å². The van der Waals surface area contributed by atoms with Crippen molar-refractivity contribution in [1.82, 2.24) is 9.80 Å². The molecule has 2 aromatic carbocycles. The smallest absolute Gasteiger partial charge is 0.410 e. The van der Waals surface area contributed by atoms with Gasteiger partial charge in [0.15, 0.2) is 0 Å². The van der Waals surface area contributed by atoms with E-state index in [1.54, 1.807) is 24.0 Å². The van der Waals surface area contributed by atoms with Gasteiger partial charge in [-0.05, 0) is 70.9 Å². The van der Waals surface area contributed by atoms with E-state index in [0.29, 0.717) is 31.7 Å². The fraction of sp³-hybridized carbons (Fsp3) is 0.500. The van der Waals surface area contributed by atoms with Gasteiger partial charge in [-0.2, -0.15) is 0 Å². The van der Waals surface area contributed by atoms with Crippen LogP contribution in [0.15, 0.2) is 42.5 Å². The van der Waals surface area contributed by atoms with Crippen LogP contribution in [0.5, 0.6) is 5.75 Å². The zero-order valence-electron chi connectivity index (χ0n) is 20.0. The highest BCUT2D eigenvalue weighted by Crippen LogP contribution is 2.26. The Morgan fingerprint density at radius 2 is 1.81 bits per heavy atom. The van der Waals surface area contributed by atoms with Crippen molar-refractivity contribution in [2.24, 2.45) is 0 Å². The second-order valence-corrected chi connectivity index (χ2v) is 9.71. The summed E-state index contributed by atoms with van der Waals surface area (Å²) in [4.78, 5) is 16.6. The molecule has 1 amide bonds. The second-order valence-electron chi connectivity index (χ2n) is 9.71. The normalized spacial score (nSPS) is 18.3. The van der Waals surface area contributed by atoms with Crippen molar-refractivity contribution in [2.45, 2.75) is 59.3 Å². The van der Waals surface area contributed by atoms with E-state index in [2.05, 4.69) is 4.90 Å². The lowest BCUT2D eigenvalue weighted by Gasteiger charge is -2.41. The minimum absolute atomic E-state index is 0.00776. The molecule has 1 saturated heterocycles. The molecule has 5 nitrogen and oxygen atoms in total. The number of carbonyl (C=O) groups is 1. The van der Waals surface area contributed by atoms with E-state index < -0.39 is 5.60 Å². The zero-order chi connectivity index (χ0) is 23.5. The van der Waals surface area contributed by atoms with E-state index in [0.717, 1.165) is 16.9 Å². The van der Waals surface area contributed by atoms with Crippen molar-refractivity contribution in [3.63, 3.8) is 0 Å². The van der Waals surface area contributed by atoms with Crippen LogP contribution in [0.2, 0.25) is 0 Å². The van der Waals surface area contributed by atoms with E-state index in [-0.39, 0.29) is 24.1 Å². The molecule has 6 heteroatoms. The Balaban J connectivity index is 1.72. The number of nitrogens with zero attached hydrogens (tertiary/aromatic N) is 2. The summed E-state index contributed by atoms with van der Waals surface area (Å²) < 4.78 is 26.2. The summed E-state index contributed by atoms with van der Waals surface area (Å²) >= 11 is 0. The van der Waals surface area contributed by atoms with Crippen LogP contribution in [0.1, 0.15) is 50.5 Å². The average molecular weight is 443 g/mol. The van der Waals surface area contributed by atoms with E-state index in [4.69, 9.17) is 9.47 Å². The van der Waals surface area contributed by atoms with Crippen molar-refractivity contribution >= 4 is 6.09 Å². The molecule has 2 aromatic rings. The van der Waals surface area contributed by atoms with Gasteiger partial charge in [0.25, 0.3) is 0 Å². The highest BCUT2D eigenvalue weighted by Gasteiger charge is 2.32. The van der Waals surface area contributed by atoms with Crippen LogP contribution in [0.3, 0.4) is 0 Å². The monoisotopic (exact) mass is 442 g/mol. The first-order valence-corrected chi connectivity index (χ1v) is 11.2. The first-order chi connectivity index (χ1) is 15.0. The molecule has 0 aliphatic carbocycles. The molecular weight excluding hydrogens is 407 g/mol. The Morgan fingerprint density at radius 3 is 2.41 bits per heavy atom. The maximum absolute atomic E-state index is 14.3. The van der Waals surface area contributed by atoms with Gasteiger partial charge in [-0.15, -0.1) is 0 Å². The molecule has 1 aliphatic rings. The molecule has 1 fully saturated rings. The summed E-state index contributed by atoms with van der Waals surface area (Å²) in [6.07, 6.45) is -0.606. The van der Waals surface area contributed by atoms with Gasteiger partial charge in [0.1, 0.15) is 23.3 Å². The molecule has 1 heterocycles. The number of piperazine rings is 1. The van der Waals surface area contributed by atoms with Gasteiger partial charge in [0.05, 0.1) is 0 Å². The Morgan fingerprint density at radius 1 is 1.12 bits per heavy atom. The lowest BCUT2D eigenvalue weighted by Crippen LogP contribution is -2.55. The fourth-order valence-corrected chi connectivity index (χ4v) is 3.83. The summed E-state index contributed by atoms with van der Waals surface area (Å²) in [5.74, 6) is 0.519. The summed E-state index contributed by atoms with van der Waals surface area (Å²) in [6.45, 7) is 14.0. The number of aryl methyl sites for hydroxylation is 2. The minimum atomic E-state index is -0.517. The molecular formula is C26H35FN2O3. The van der Waals surface area contributed by atoms with Crippen LogP contribution in [0.4, 0.5) is 9.18 Å². The average Bonchev–Trinajstić information content (AvgIpc) is 2.70. The van der Waals surface area contributed by atoms with Crippen LogP contribution < -0.4 is 4.74 Å². The molecule has 0 radical (unpaired) electrons. The molecule has 0 bridgehead atoms. The number of benzene rings is 2. The van der Waals surface area contributed by atoms with E-state index in [1.165, 1.54) is 0 Å². The van der Waals surface area contributed by atoms with Crippen LogP contribution in [-0.4, -0.2) is 53.7 Å². The predicted octanol–water partition coefficient (Wildman–Crippen LogP) is 5.50. The topological polar surface area (TPSA) is 42.0 Å². The number of halogens is 1. The Labute approximate surface area is 191 Å². The minimum Gasteiger partial charge on any atom is -0.484 e. The number of carbonyl (C=O) groups excluding carboxylic acids is 1. The standard InChI is InChI=1S/C26H35FN2O3/c1-18-7-11-22(12-8-18)31-24(21-10-9-19(2)23(27)15-21)17-28-13-14-29(20(3)16-28)25(30)32-26(4,5)6/h7-12,15,20,24H,13-14,16-17H2,1-6H3/t20-,24+/m1/s1. The molecule has 3 rings (SSSR count). The van der Waals surface area contributed by atoms with E-state index in [9.17, 15) is 9.18 Å². The van der Waals surface area contributed by atoms with Crippen LogP contribution in [0, 0.1) is 19.7 Å². The first-order valence-electron chi connectivity index (χ1n) is 11.2. The van der Waals surface area contributed by atoms with Crippen molar-refractivity contribution in [3.05, 3.63) is 65.0 Å². The largest absolute Gasteiger partial charge is 0.484 e. The molecule has 0 aromatic heterocycles. The Kier molecular flexibility index (Phi) is 7.44. The highest BCUT2D eigenvalue weighted by molar-refractivity contribution is 5.68. The number of ether oxygens (including phenoxy) is 2. The molecule has 0 spiro atoms. The van der Waals surface area contributed by atoms with E-state index >= 15 is 0 Å². The van der Waals surface area contributed by atoms with Gasteiger partial charge in [0, 0.05) is 32.2 Å². The second kappa shape index (κ2) is 9.90. The first kappa shape index (κ1) is 24.1. The third-order valence-corrected chi connectivity index (χ3v) is 5.63. The number of hydrogen-bond donors (Lipinski definition) is 0. The highest BCUT2D eigenvalue weighted by atomic mass is 19.1. The molecule has 0 unspecified atom stereocenters. The summed E-state index contributed by atoms with van der Waals surface area (Å²) in [7, 11) is 0. The van der Waals surface area contributed by atoms with Crippen molar-refractivity contribution in [1.29, 1.82) is 0 Å². The fourth-order valence-electron chi connectivity index (χ4n) is 3.83. The van der Waals surface area contributed by atoms with Gasteiger partial charge in [0.2, 0.25) is 0 Å². The molecule has 32 heavy (non-hydrogen) atoms. The molecule has 0 saturated carbocycles. The molecule has 174 valence electrons. The van der Waals surface area contributed by atoms with Gasteiger partial charge in [-0.1, -0.05) is 29.8 Å². The molecule has 0 N–H and O–H groups in total. The lowest BCUT2D eigenvalue weighted by molar-refractivity contribution is -0.00299. The van der Waals surface area contributed by atoms with Crippen molar-refractivity contribution in [3.8, 4) is 5.75 Å². The van der Waals surface area contributed by atoms with Crippen molar-refractivity contribution in [2.75, 3.05) is 26.2 Å². The summed E-state index contributed by atoms with van der Waals surface area (Å²) in [5.41, 5.74) is 2.05. The van der Waals surface area contributed by atoms with E-state index in [1.807, 2.05) is 65.0 Å². The Hall–Kier alpha value is -2.60. The number of rotatable bonds is 5. The summed E-state index contributed by atoms with van der Waals surface area (Å²) in [6, 6.07) is 13.2. The van der Waals surface area contributed by atoms with Crippen LogP contribution in [-0.2, 0) is 4.74 Å². The van der Waals surface area contributed by atoms with Gasteiger partial charge in [-0.25, -0.2) is 9.18 Å².